The second-order valence-electron chi connectivity index (χ2n) is 8.73. The summed E-state index contributed by atoms with van der Waals surface area (Å²) in [6.07, 6.45) is 3.62. The molecule has 0 unspecified atom stereocenters. The van der Waals surface area contributed by atoms with Gasteiger partial charge < -0.3 is 4.74 Å². The van der Waals surface area contributed by atoms with E-state index in [0.717, 1.165) is 18.4 Å². The van der Waals surface area contributed by atoms with E-state index in [9.17, 15) is 9.59 Å². The Morgan fingerprint density at radius 1 is 1.00 bits per heavy atom. The number of methoxy groups -OCH3 is 1. The van der Waals surface area contributed by atoms with Crippen LogP contribution in [0.15, 0.2) is 30.5 Å². The first-order chi connectivity index (χ1) is 12.6. The Balaban J connectivity index is 2.05. The van der Waals surface area contributed by atoms with E-state index in [-0.39, 0.29) is 16.6 Å². The summed E-state index contributed by atoms with van der Waals surface area (Å²) in [5.41, 5.74) is 5.03. The van der Waals surface area contributed by atoms with Crippen LogP contribution in [-0.4, -0.2) is 23.8 Å². The minimum Gasteiger partial charge on any atom is -0.465 e. The number of hydrogen-bond acceptors (Lipinski definition) is 4. The van der Waals surface area contributed by atoms with Gasteiger partial charge in [0.2, 0.25) is 5.78 Å². The molecule has 27 heavy (non-hydrogen) atoms. The van der Waals surface area contributed by atoms with Gasteiger partial charge in [0.25, 0.3) is 0 Å². The van der Waals surface area contributed by atoms with Crippen LogP contribution in [0, 0.1) is 6.92 Å². The summed E-state index contributed by atoms with van der Waals surface area (Å²) >= 11 is 0. The number of rotatable bonds is 3. The van der Waals surface area contributed by atoms with Crippen molar-refractivity contribution in [3.05, 3.63) is 64.0 Å². The molecule has 1 aliphatic carbocycles. The number of aryl methyl sites for hydroxylation is 1. The van der Waals surface area contributed by atoms with Gasteiger partial charge in [0, 0.05) is 11.8 Å². The van der Waals surface area contributed by atoms with Crippen LogP contribution in [-0.2, 0) is 15.6 Å². The maximum absolute atomic E-state index is 13.1. The van der Waals surface area contributed by atoms with Crippen molar-refractivity contribution in [2.45, 2.75) is 58.3 Å². The lowest BCUT2D eigenvalue weighted by Crippen LogP contribution is -2.34. The number of esters is 1. The van der Waals surface area contributed by atoms with Crippen LogP contribution in [0.5, 0.6) is 0 Å². The molecule has 1 heterocycles. The van der Waals surface area contributed by atoms with Gasteiger partial charge in [0.15, 0.2) is 0 Å². The highest BCUT2D eigenvalue weighted by Crippen LogP contribution is 2.46. The molecule has 1 aromatic heterocycles. The number of hydrogen-bond donors (Lipinski definition) is 0. The molecule has 0 saturated carbocycles. The molecule has 0 saturated heterocycles. The molecule has 0 radical (unpaired) electrons. The standard InChI is InChI=1S/C23H27NO3/c1-14-11-17-18(23(4,5)10-9-22(17,2)3)12-16(14)20(25)19-8-7-15(13-24-19)21(26)27-6/h7-8,11-13H,9-10H2,1-6H3. The molecule has 0 fully saturated rings. The predicted molar refractivity (Wildman–Crippen MR) is 105 cm³/mol. The van der Waals surface area contributed by atoms with Crippen molar-refractivity contribution in [3.63, 3.8) is 0 Å². The highest BCUT2D eigenvalue weighted by atomic mass is 16.5. The molecule has 0 amide bonds. The van der Waals surface area contributed by atoms with Crippen molar-refractivity contribution in [2.75, 3.05) is 7.11 Å². The van der Waals surface area contributed by atoms with E-state index in [4.69, 9.17) is 0 Å². The van der Waals surface area contributed by atoms with Gasteiger partial charge in [-0.1, -0.05) is 33.8 Å². The van der Waals surface area contributed by atoms with Crippen LogP contribution < -0.4 is 0 Å². The zero-order valence-electron chi connectivity index (χ0n) is 17.0. The maximum Gasteiger partial charge on any atom is 0.339 e. The van der Waals surface area contributed by atoms with Crippen LogP contribution >= 0.6 is 0 Å². The average Bonchev–Trinajstić information content (AvgIpc) is 2.64. The van der Waals surface area contributed by atoms with Gasteiger partial charge in [-0.05, 0) is 65.5 Å². The molecule has 0 aliphatic heterocycles. The van der Waals surface area contributed by atoms with Gasteiger partial charge in [-0.25, -0.2) is 4.79 Å². The molecule has 4 heteroatoms. The minimum atomic E-state index is -0.463. The van der Waals surface area contributed by atoms with Crippen molar-refractivity contribution in [1.82, 2.24) is 4.98 Å². The topological polar surface area (TPSA) is 56.3 Å². The molecule has 0 spiro atoms. The van der Waals surface area contributed by atoms with Crippen molar-refractivity contribution in [1.29, 1.82) is 0 Å². The number of fused-ring (bicyclic) bond motifs is 1. The Morgan fingerprint density at radius 2 is 1.59 bits per heavy atom. The van der Waals surface area contributed by atoms with Crippen molar-refractivity contribution in [2.24, 2.45) is 0 Å². The summed E-state index contributed by atoms with van der Waals surface area (Å²) in [5, 5.41) is 0. The van der Waals surface area contributed by atoms with Gasteiger partial charge >= 0.3 is 5.97 Å². The lowest BCUT2D eigenvalue weighted by atomic mass is 9.62. The summed E-state index contributed by atoms with van der Waals surface area (Å²) in [4.78, 5) is 28.9. The molecule has 0 N–H and O–H groups in total. The number of aromatic nitrogens is 1. The number of carbonyl (C=O) groups is 2. The van der Waals surface area contributed by atoms with Crippen LogP contribution in [0.3, 0.4) is 0 Å². The Morgan fingerprint density at radius 3 is 2.11 bits per heavy atom. The molecule has 4 nitrogen and oxygen atoms in total. The monoisotopic (exact) mass is 365 g/mol. The fourth-order valence-electron chi connectivity index (χ4n) is 3.87. The largest absolute Gasteiger partial charge is 0.465 e. The molecule has 1 aliphatic rings. The highest BCUT2D eigenvalue weighted by Gasteiger charge is 2.37. The summed E-state index contributed by atoms with van der Waals surface area (Å²) in [6, 6.07) is 7.39. The smallest absolute Gasteiger partial charge is 0.339 e. The number of pyridine rings is 1. The third-order valence-electron chi connectivity index (χ3n) is 5.86. The molecule has 0 atom stereocenters. The zero-order chi connectivity index (χ0) is 20.0. The Kier molecular flexibility index (Phi) is 4.71. The van der Waals surface area contributed by atoms with Crippen LogP contribution in [0.2, 0.25) is 0 Å². The van der Waals surface area contributed by atoms with Crippen molar-refractivity contribution >= 4 is 11.8 Å². The van der Waals surface area contributed by atoms with E-state index in [1.54, 1.807) is 12.1 Å². The maximum atomic E-state index is 13.1. The average molecular weight is 365 g/mol. The third kappa shape index (κ3) is 3.41. The fraction of sp³-hybridized carbons (Fsp3) is 0.435. The number of nitrogens with zero attached hydrogens (tertiary/aromatic N) is 1. The molecular weight excluding hydrogens is 338 g/mol. The Hall–Kier alpha value is -2.49. The second kappa shape index (κ2) is 6.59. The highest BCUT2D eigenvalue weighted by molar-refractivity contribution is 6.09. The normalized spacial score (nSPS) is 17.1. The van der Waals surface area contributed by atoms with E-state index in [1.165, 1.54) is 24.4 Å². The Labute approximate surface area is 161 Å². The number of benzene rings is 1. The molecule has 0 bridgehead atoms. The molecule has 2 aromatic rings. The first-order valence-electron chi connectivity index (χ1n) is 9.31. The van der Waals surface area contributed by atoms with Crippen molar-refractivity contribution in [3.8, 4) is 0 Å². The predicted octanol–water partition coefficient (Wildman–Crippen LogP) is 4.76. The number of carbonyl (C=O) groups excluding carboxylic acids is 2. The van der Waals surface area contributed by atoms with E-state index >= 15 is 0 Å². The summed E-state index contributed by atoms with van der Waals surface area (Å²) < 4.78 is 4.68. The van der Waals surface area contributed by atoms with E-state index in [1.807, 2.05) is 6.92 Å². The second-order valence-corrected chi connectivity index (χ2v) is 8.73. The number of ketones is 1. The van der Waals surface area contributed by atoms with Gasteiger partial charge in [0.1, 0.15) is 5.69 Å². The number of ether oxygens (including phenoxy) is 1. The molecule has 142 valence electrons. The lowest BCUT2D eigenvalue weighted by Gasteiger charge is -2.42. The van der Waals surface area contributed by atoms with Crippen LogP contribution in [0.4, 0.5) is 0 Å². The SMILES string of the molecule is COC(=O)c1ccc(C(=O)c2cc3c(cc2C)C(C)(C)CCC3(C)C)nc1. The summed E-state index contributed by atoms with van der Waals surface area (Å²) in [5.74, 6) is -0.582. The van der Waals surface area contributed by atoms with Crippen LogP contribution in [0.1, 0.15) is 83.6 Å². The Bertz CT molecular complexity index is 908. The summed E-state index contributed by atoms with van der Waals surface area (Å²) in [6.45, 7) is 11.0. The zero-order valence-corrected chi connectivity index (χ0v) is 17.0. The van der Waals surface area contributed by atoms with Gasteiger partial charge in [0.05, 0.1) is 12.7 Å². The minimum absolute atomic E-state index is 0.0375. The summed E-state index contributed by atoms with van der Waals surface area (Å²) in [7, 11) is 1.32. The first-order valence-corrected chi connectivity index (χ1v) is 9.31. The van der Waals surface area contributed by atoms with Crippen molar-refractivity contribution < 1.29 is 14.3 Å². The van der Waals surface area contributed by atoms with E-state index in [0.29, 0.717) is 16.8 Å². The molecular formula is C23H27NO3. The van der Waals surface area contributed by atoms with Crippen LogP contribution in [0.25, 0.3) is 0 Å². The quantitative estimate of drug-likeness (QED) is 0.581. The molecule has 3 rings (SSSR count). The fourth-order valence-corrected chi connectivity index (χ4v) is 3.87. The molecule has 1 aromatic carbocycles. The van der Waals surface area contributed by atoms with Gasteiger partial charge in [-0.15, -0.1) is 0 Å². The van der Waals surface area contributed by atoms with Gasteiger partial charge in [-0.3, -0.25) is 9.78 Å². The van der Waals surface area contributed by atoms with E-state index < -0.39 is 5.97 Å². The third-order valence-corrected chi connectivity index (χ3v) is 5.86. The first kappa shape index (κ1) is 19.3. The van der Waals surface area contributed by atoms with Gasteiger partial charge in [-0.2, -0.15) is 0 Å². The lowest BCUT2D eigenvalue weighted by molar-refractivity contribution is 0.0600. The van der Waals surface area contributed by atoms with E-state index in [2.05, 4.69) is 49.5 Å².